The Morgan fingerprint density at radius 3 is 1.13 bits per heavy atom. The summed E-state index contributed by atoms with van der Waals surface area (Å²) in [5, 5.41) is 0. The molecule has 5 aromatic rings. The molecule has 0 saturated heterocycles. The summed E-state index contributed by atoms with van der Waals surface area (Å²) in [5.41, 5.74) is 11.4. The van der Waals surface area contributed by atoms with Gasteiger partial charge in [0.25, 0.3) is 0 Å². The molecule has 2 bridgehead atoms. The van der Waals surface area contributed by atoms with Gasteiger partial charge in [0, 0.05) is 35.8 Å². The summed E-state index contributed by atoms with van der Waals surface area (Å²) in [6.07, 6.45) is 3.74. The first-order valence-electron chi connectivity index (χ1n) is 16.5. The summed E-state index contributed by atoms with van der Waals surface area (Å²) in [7, 11) is 0. The highest BCUT2D eigenvalue weighted by atomic mass is 16.5. The van der Waals surface area contributed by atoms with Crippen LogP contribution >= 0.6 is 0 Å². The number of ether oxygens (including phenoxy) is 2. The number of benzene rings is 5. The quantitative estimate of drug-likeness (QED) is 0.115. The molecule has 0 N–H and O–H groups in total. The van der Waals surface area contributed by atoms with Crippen molar-refractivity contribution in [2.75, 3.05) is 0 Å². The van der Waals surface area contributed by atoms with E-state index in [-0.39, 0.29) is 36.6 Å². The summed E-state index contributed by atoms with van der Waals surface area (Å²) in [5.74, 6) is 0.264. The van der Waals surface area contributed by atoms with Gasteiger partial charge in [-0.2, -0.15) is 0 Å². The number of carbonyl (C=O) groups is 2. The van der Waals surface area contributed by atoms with Crippen LogP contribution in [0.1, 0.15) is 94.2 Å². The van der Waals surface area contributed by atoms with Gasteiger partial charge in [-0.25, -0.2) is 0 Å². The summed E-state index contributed by atoms with van der Waals surface area (Å²) in [6, 6.07) is 37.4. The van der Waals surface area contributed by atoms with Crippen LogP contribution in [0.3, 0.4) is 0 Å². The summed E-state index contributed by atoms with van der Waals surface area (Å²) < 4.78 is 12.3. The van der Waals surface area contributed by atoms with Crippen LogP contribution in [0.4, 0.5) is 0 Å². The number of carbonyl (C=O) groups excluding carboxylic acids is 2. The number of esters is 2. The average Bonchev–Trinajstić information content (AvgIpc) is 3.11. The van der Waals surface area contributed by atoms with Crippen molar-refractivity contribution in [2.24, 2.45) is 0 Å². The summed E-state index contributed by atoms with van der Waals surface area (Å²) in [4.78, 5) is 26.6. The highest BCUT2D eigenvalue weighted by Crippen LogP contribution is 2.60. The topological polar surface area (TPSA) is 52.6 Å². The highest BCUT2D eigenvalue weighted by Gasteiger charge is 2.45. The average molecular weight is 607 g/mol. The minimum absolute atomic E-state index is 0.132. The minimum atomic E-state index is -0.274. The zero-order chi connectivity index (χ0) is 31.6. The maximum atomic E-state index is 13.3. The van der Waals surface area contributed by atoms with E-state index in [2.05, 4.69) is 111 Å². The third-order valence-corrected chi connectivity index (χ3v) is 9.57. The van der Waals surface area contributed by atoms with Crippen LogP contribution in [0.15, 0.2) is 109 Å². The van der Waals surface area contributed by atoms with Crippen molar-refractivity contribution in [3.63, 3.8) is 0 Å². The lowest BCUT2D eigenvalue weighted by Gasteiger charge is -2.43. The largest absolute Gasteiger partial charge is 0.426 e. The van der Waals surface area contributed by atoms with Crippen molar-refractivity contribution in [2.45, 2.75) is 64.2 Å². The molecule has 0 spiro atoms. The van der Waals surface area contributed by atoms with Crippen molar-refractivity contribution < 1.29 is 19.1 Å². The molecule has 0 heterocycles. The van der Waals surface area contributed by atoms with Crippen LogP contribution in [0.5, 0.6) is 11.5 Å². The minimum Gasteiger partial charge on any atom is -0.426 e. The lowest BCUT2D eigenvalue weighted by Crippen LogP contribution is -2.29. The lowest BCUT2D eigenvalue weighted by atomic mass is 9.60. The van der Waals surface area contributed by atoms with Gasteiger partial charge in [-0.05, 0) is 82.3 Å². The molecule has 5 aromatic carbocycles. The second-order valence-corrected chi connectivity index (χ2v) is 12.3. The first-order valence-corrected chi connectivity index (χ1v) is 16.5. The second-order valence-electron chi connectivity index (χ2n) is 12.3. The monoisotopic (exact) mass is 606 g/mol. The first kappa shape index (κ1) is 29.7. The van der Waals surface area contributed by atoms with Gasteiger partial charge >= 0.3 is 11.9 Å². The Kier molecular flexibility index (Phi) is 8.28. The highest BCUT2D eigenvalue weighted by molar-refractivity contribution is 5.80. The molecular formula is C42H38O4. The molecular weight excluding hydrogens is 568 g/mol. The standard InChI is InChI=1S/C42H38O4/c1-3-27-13-17-29(18-14-27)21-25-37(43)45-35-23-24-36(46-38(44)26-22-30-19-15-28(4-2)16-20-30)42-40-33-11-7-5-9-31(33)39(41(35)42)32-10-6-8-12-34(32)40/h5-20,23-24,39-40H,3-4,21-22,25-26H2,1-2H3. The van der Waals surface area contributed by atoms with Crippen LogP contribution < -0.4 is 9.47 Å². The Morgan fingerprint density at radius 2 is 0.804 bits per heavy atom. The molecule has 3 aliphatic carbocycles. The van der Waals surface area contributed by atoms with E-state index in [1.807, 2.05) is 12.1 Å². The zero-order valence-electron chi connectivity index (χ0n) is 26.4. The molecule has 0 unspecified atom stereocenters. The Balaban J connectivity index is 1.20. The van der Waals surface area contributed by atoms with Gasteiger partial charge in [-0.3, -0.25) is 9.59 Å². The SMILES string of the molecule is CCc1ccc(CCC(=O)Oc2ccc(OC(=O)CCc3ccc(CC)cc3)c3c2C2c4ccccc4C3c3ccccc32)cc1. The molecule has 0 fully saturated rings. The van der Waals surface area contributed by atoms with E-state index in [0.29, 0.717) is 24.3 Å². The van der Waals surface area contributed by atoms with E-state index < -0.39 is 0 Å². The van der Waals surface area contributed by atoms with Gasteiger partial charge in [0.05, 0.1) is 0 Å². The molecule has 46 heavy (non-hydrogen) atoms. The van der Waals surface area contributed by atoms with Gasteiger partial charge in [0.15, 0.2) is 0 Å². The van der Waals surface area contributed by atoms with Crippen LogP contribution in [0.25, 0.3) is 0 Å². The van der Waals surface area contributed by atoms with Crippen molar-refractivity contribution >= 4 is 11.9 Å². The summed E-state index contributed by atoms with van der Waals surface area (Å²) in [6.45, 7) is 4.27. The van der Waals surface area contributed by atoms with E-state index in [4.69, 9.17) is 9.47 Å². The van der Waals surface area contributed by atoms with E-state index in [0.717, 1.165) is 35.1 Å². The smallest absolute Gasteiger partial charge is 0.311 e. The van der Waals surface area contributed by atoms with Crippen LogP contribution in [0, 0.1) is 0 Å². The third kappa shape index (κ3) is 5.64. The third-order valence-electron chi connectivity index (χ3n) is 9.57. The van der Waals surface area contributed by atoms with E-state index in [9.17, 15) is 9.59 Å². The molecule has 0 atom stereocenters. The Hall–Kier alpha value is -4.96. The molecule has 230 valence electrons. The van der Waals surface area contributed by atoms with Gasteiger partial charge in [0.2, 0.25) is 0 Å². The maximum absolute atomic E-state index is 13.3. The Bertz CT molecular complexity index is 1720. The molecule has 4 nitrogen and oxygen atoms in total. The van der Waals surface area contributed by atoms with Crippen LogP contribution in [-0.4, -0.2) is 11.9 Å². The fraction of sp³-hybridized carbons (Fsp3) is 0.238. The second kappa shape index (κ2) is 12.8. The van der Waals surface area contributed by atoms with Crippen molar-refractivity contribution in [1.29, 1.82) is 0 Å². The molecule has 0 amide bonds. The van der Waals surface area contributed by atoms with Crippen molar-refractivity contribution in [3.05, 3.63) is 165 Å². The van der Waals surface area contributed by atoms with E-state index >= 15 is 0 Å². The molecule has 4 heteroatoms. The molecule has 0 aromatic heterocycles. The molecule has 8 rings (SSSR count). The van der Waals surface area contributed by atoms with Gasteiger partial charge in [-0.1, -0.05) is 111 Å². The van der Waals surface area contributed by atoms with Gasteiger partial charge in [-0.15, -0.1) is 0 Å². The molecule has 3 aliphatic rings. The number of hydrogen-bond acceptors (Lipinski definition) is 4. The number of rotatable bonds is 10. The molecule has 0 aliphatic heterocycles. The Morgan fingerprint density at radius 1 is 0.478 bits per heavy atom. The predicted molar refractivity (Wildman–Crippen MR) is 181 cm³/mol. The fourth-order valence-corrected chi connectivity index (χ4v) is 7.12. The predicted octanol–water partition coefficient (Wildman–Crippen LogP) is 8.88. The fourth-order valence-electron chi connectivity index (χ4n) is 7.12. The number of aryl methyl sites for hydroxylation is 4. The lowest BCUT2D eigenvalue weighted by molar-refractivity contribution is -0.135. The Labute approximate surface area is 271 Å². The molecule has 0 saturated carbocycles. The van der Waals surface area contributed by atoms with Crippen molar-refractivity contribution in [1.82, 2.24) is 0 Å². The normalized spacial score (nSPS) is 15.4. The maximum Gasteiger partial charge on any atom is 0.311 e. The van der Waals surface area contributed by atoms with Crippen molar-refractivity contribution in [3.8, 4) is 11.5 Å². The number of hydrogen-bond donors (Lipinski definition) is 0. The molecule has 0 radical (unpaired) electrons. The van der Waals surface area contributed by atoms with E-state index in [1.54, 1.807) is 0 Å². The summed E-state index contributed by atoms with van der Waals surface area (Å²) >= 11 is 0. The van der Waals surface area contributed by atoms with Gasteiger partial charge in [0.1, 0.15) is 11.5 Å². The van der Waals surface area contributed by atoms with Crippen LogP contribution in [-0.2, 0) is 35.3 Å². The zero-order valence-corrected chi connectivity index (χ0v) is 26.4. The van der Waals surface area contributed by atoms with Crippen LogP contribution in [0.2, 0.25) is 0 Å². The first-order chi connectivity index (χ1) is 22.5. The van der Waals surface area contributed by atoms with E-state index in [1.165, 1.54) is 33.4 Å². The van der Waals surface area contributed by atoms with Gasteiger partial charge < -0.3 is 9.47 Å².